The van der Waals surface area contributed by atoms with Gasteiger partial charge < -0.3 is 14.8 Å². The Bertz CT molecular complexity index is 1010. The van der Waals surface area contributed by atoms with Gasteiger partial charge in [-0.1, -0.05) is 41.6 Å². The molecule has 0 bridgehead atoms. The Morgan fingerprint density at radius 2 is 1.93 bits per heavy atom. The van der Waals surface area contributed by atoms with Crippen molar-refractivity contribution in [3.63, 3.8) is 0 Å². The Morgan fingerprint density at radius 3 is 2.62 bits per heavy atom. The average Bonchev–Trinajstić information content (AvgIpc) is 3.11. The van der Waals surface area contributed by atoms with E-state index in [0.29, 0.717) is 0 Å². The van der Waals surface area contributed by atoms with E-state index in [2.05, 4.69) is 45.5 Å². The molecule has 3 rings (SSSR count). The van der Waals surface area contributed by atoms with Gasteiger partial charge in [-0.25, -0.2) is 0 Å². The fourth-order valence-electron chi connectivity index (χ4n) is 3.09. The lowest BCUT2D eigenvalue weighted by atomic mass is 10.1. The summed E-state index contributed by atoms with van der Waals surface area (Å²) in [6.45, 7) is 6.83. The molecule has 0 saturated carbocycles. The van der Waals surface area contributed by atoms with Gasteiger partial charge in [-0.2, -0.15) is 0 Å². The van der Waals surface area contributed by atoms with Gasteiger partial charge >= 0.3 is 0 Å². The highest BCUT2D eigenvalue weighted by molar-refractivity contribution is 7.99. The molecule has 2 aromatic carbocycles. The maximum Gasteiger partial charge on any atom is 0.234 e. The van der Waals surface area contributed by atoms with Crippen LogP contribution >= 0.6 is 11.8 Å². The summed E-state index contributed by atoms with van der Waals surface area (Å²) < 4.78 is 2.05. The van der Waals surface area contributed by atoms with Gasteiger partial charge in [-0.05, 0) is 44.5 Å². The number of hydrogen-bond donors (Lipinski definition) is 1. The number of benzene rings is 2. The predicted octanol–water partition coefficient (Wildman–Crippen LogP) is 4.38. The van der Waals surface area contributed by atoms with Crippen molar-refractivity contribution in [1.29, 1.82) is 0 Å². The molecule has 1 amide bonds. The van der Waals surface area contributed by atoms with Gasteiger partial charge in [0, 0.05) is 37.6 Å². The SMILES string of the molecule is CCn1c(SCC(=O)Nc2ccc(C)cc2C)nnc1-c1cccc(N(C)C)c1. The van der Waals surface area contributed by atoms with Crippen LogP contribution in [0.2, 0.25) is 0 Å². The van der Waals surface area contributed by atoms with Crippen molar-refractivity contribution in [2.45, 2.75) is 32.5 Å². The number of aromatic nitrogens is 3. The molecule has 1 aromatic heterocycles. The zero-order valence-electron chi connectivity index (χ0n) is 17.6. The molecule has 0 aliphatic heterocycles. The van der Waals surface area contributed by atoms with Crippen molar-refractivity contribution in [3.05, 3.63) is 53.6 Å². The molecule has 29 heavy (non-hydrogen) atoms. The lowest BCUT2D eigenvalue weighted by molar-refractivity contribution is -0.113. The largest absolute Gasteiger partial charge is 0.378 e. The second kappa shape index (κ2) is 9.13. The van der Waals surface area contributed by atoms with Crippen molar-refractivity contribution < 1.29 is 4.79 Å². The van der Waals surface area contributed by atoms with Crippen LogP contribution in [-0.2, 0) is 11.3 Å². The van der Waals surface area contributed by atoms with E-state index in [4.69, 9.17) is 0 Å². The minimum absolute atomic E-state index is 0.0521. The van der Waals surface area contributed by atoms with Crippen LogP contribution in [0.5, 0.6) is 0 Å². The molecule has 152 valence electrons. The first-order chi connectivity index (χ1) is 13.9. The van der Waals surface area contributed by atoms with Crippen LogP contribution in [0.25, 0.3) is 11.4 Å². The fourth-order valence-corrected chi connectivity index (χ4v) is 3.89. The zero-order valence-corrected chi connectivity index (χ0v) is 18.4. The van der Waals surface area contributed by atoms with Crippen molar-refractivity contribution in [2.24, 2.45) is 0 Å². The molecule has 0 fully saturated rings. The molecule has 0 atom stereocenters. The van der Waals surface area contributed by atoms with Gasteiger partial charge in [0.15, 0.2) is 11.0 Å². The second-order valence-corrected chi connectivity index (χ2v) is 8.09. The van der Waals surface area contributed by atoms with Crippen molar-refractivity contribution in [2.75, 3.05) is 30.1 Å². The third-order valence-electron chi connectivity index (χ3n) is 4.64. The number of thioether (sulfide) groups is 1. The summed E-state index contributed by atoms with van der Waals surface area (Å²) in [5.41, 5.74) is 5.20. The molecule has 0 unspecified atom stereocenters. The molecule has 0 aliphatic rings. The molecule has 0 radical (unpaired) electrons. The number of aryl methyl sites for hydroxylation is 2. The van der Waals surface area contributed by atoms with Crippen molar-refractivity contribution in [3.8, 4) is 11.4 Å². The highest BCUT2D eigenvalue weighted by Gasteiger charge is 2.15. The lowest BCUT2D eigenvalue weighted by Gasteiger charge is -2.14. The van der Waals surface area contributed by atoms with Crippen molar-refractivity contribution >= 4 is 29.0 Å². The molecular weight excluding hydrogens is 382 g/mol. The molecule has 0 saturated heterocycles. The first kappa shape index (κ1) is 20.9. The highest BCUT2D eigenvalue weighted by Crippen LogP contribution is 2.27. The number of carbonyl (C=O) groups is 1. The zero-order chi connectivity index (χ0) is 21.0. The standard InChI is InChI=1S/C22H27N5OS/c1-6-27-21(17-8-7-9-18(13-17)26(4)5)24-25-22(27)29-14-20(28)23-19-11-10-15(2)12-16(19)3/h7-13H,6,14H2,1-5H3,(H,23,28). The minimum Gasteiger partial charge on any atom is -0.378 e. The van der Waals surface area contributed by atoms with E-state index in [1.54, 1.807) is 0 Å². The van der Waals surface area contributed by atoms with E-state index in [-0.39, 0.29) is 11.7 Å². The first-order valence-corrected chi connectivity index (χ1v) is 10.6. The molecule has 1 heterocycles. The van der Waals surface area contributed by atoms with E-state index in [1.807, 2.05) is 56.8 Å². The van der Waals surface area contributed by atoms with E-state index in [9.17, 15) is 4.79 Å². The number of hydrogen-bond acceptors (Lipinski definition) is 5. The summed E-state index contributed by atoms with van der Waals surface area (Å²) in [7, 11) is 4.03. The third kappa shape index (κ3) is 4.98. The maximum atomic E-state index is 12.4. The van der Waals surface area contributed by atoms with E-state index in [1.165, 1.54) is 17.3 Å². The maximum absolute atomic E-state index is 12.4. The molecule has 0 aliphatic carbocycles. The minimum atomic E-state index is -0.0521. The average molecular weight is 410 g/mol. The summed E-state index contributed by atoms with van der Waals surface area (Å²) in [6, 6.07) is 14.2. The summed E-state index contributed by atoms with van der Waals surface area (Å²) in [6.07, 6.45) is 0. The molecule has 7 heteroatoms. The molecule has 0 spiro atoms. The molecule has 3 aromatic rings. The second-order valence-electron chi connectivity index (χ2n) is 7.15. The summed E-state index contributed by atoms with van der Waals surface area (Å²) in [4.78, 5) is 14.5. The smallest absolute Gasteiger partial charge is 0.234 e. The summed E-state index contributed by atoms with van der Waals surface area (Å²) in [5.74, 6) is 1.04. The Kier molecular flexibility index (Phi) is 6.59. The van der Waals surface area contributed by atoms with Crippen LogP contribution in [0.4, 0.5) is 11.4 Å². The van der Waals surface area contributed by atoms with E-state index in [0.717, 1.165) is 40.0 Å². The Balaban J connectivity index is 1.72. The monoisotopic (exact) mass is 409 g/mol. The van der Waals surface area contributed by atoms with Gasteiger partial charge in [0.1, 0.15) is 0 Å². The Labute approximate surface area is 176 Å². The van der Waals surface area contributed by atoms with Gasteiger partial charge in [0.2, 0.25) is 5.91 Å². The van der Waals surface area contributed by atoms with Crippen LogP contribution in [0.3, 0.4) is 0 Å². The van der Waals surface area contributed by atoms with Crippen LogP contribution in [-0.4, -0.2) is 40.5 Å². The topological polar surface area (TPSA) is 63.1 Å². The molecule has 1 N–H and O–H groups in total. The van der Waals surface area contributed by atoms with Crippen molar-refractivity contribution in [1.82, 2.24) is 14.8 Å². The van der Waals surface area contributed by atoms with Crippen LogP contribution in [0.1, 0.15) is 18.1 Å². The molecule has 6 nitrogen and oxygen atoms in total. The van der Waals surface area contributed by atoms with Crippen LogP contribution < -0.4 is 10.2 Å². The highest BCUT2D eigenvalue weighted by atomic mass is 32.2. The van der Waals surface area contributed by atoms with Gasteiger partial charge in [-0.3, -0.25) is 4.79 Å². The Morgan fingerprint density at radius 1 is 1.14 bits per heavy atom. The number of rotatable bonds is 7. The van der Waals surface area contributed by atoms with Gasteiger partial charge in [0.25, 0.3) is 0 Å². The lowest BCUT2D eigenvalue weighted by Crippen LogP contribution is -2.15. The number of nitrogens with one attached hydrogen (secondary N) is 1. The quantitative estimate of drug-likeness (QED) is 0.587. The van der Waals surface area contributed by atoms with Crippen LogP contribution in [0, 0.1) is 13.8 Å². The van der Waals surface area contributed by atoms with Gasteiger partial charge in [0.05, 0.1) is 5.75 Å². The van der Waals surface area contributed by atoms with E-state index >= 15 is 0 Å². The van der Waals surface area contributed by atoms with E-state index < -0.39 is 0 Å². The third-order valence-corrected chi connectivity index (χ3v) is 5.61. The Hall–Kier alpha value is -2.80. The number of nitrogens with zero attached hydrogens (tertiary/aromatic N) is 4. The summed E-state index contributed by atoms with van der Waals surface area (Å²) >= 11 is 1.40. The number of carbonyl (C=O) groups excluding carboxylic acids is 1. The number of amides is 1. The first-order valence-electron chi connectivity index (χ1n) is 9.60. The fraction of sp³-hybridized carbons (Fsp3) is 0.318. The van der Waals surface area contributed by atoms with Gasteiger partial charge in [-0.15, -0.1) is 10.2 Å². The number of anilines is 2. The predicted molar refractivity (Wildman–Crippen MR) is 121 cm³/mol. The summed E-state index contributed by atoms with van der Waals surface area (Å²) in [5, 5.41) is 12.4. The molecular formula is C22H27N5OS. The van der Waals surface area contributed by atoms with Crippen LogP contribution in [0.15, 0.2) is 47.6 Å². The normalized spacial score (nSPS) is 10.8.